The van der Waals surface area contributed by atoms with E-state index < -0.39 is 11.0 Å². The van der Waals surface area contributed by atoms with Crippen LogP contribution in [0.4, 0.5) is 0 Å². The Balaban J connectivity index is 2.07. The van der Waals surface area contributed by atoms with Crippen LogP contribution < -0.4 is 4.74 Å². The van der Waals surface area contributed by atoms with Crippen molar-refractivity contribution in [2.75, 3.05) is 13.7 Å². The summed E-state index contributed by atoms with van der Waals surface area (Å²) < 4.78 is 11.1. The van der Waals surface area contributed by atoms with E-state index in [2.05, 4.69) is 6.07 Å². The molecule has 4 heteroatoms. The number of aliphatic hydroxyl groups is 1. The molecule has 1 fully saturated rings. The van der Waals surface area contributed by atoms with Crippen LogP contribution in [0.1, 0.15) is 37.7 Å². The quantitative estimate of drug-likeness (QED) is 0.908. The van der Waals surface area contributed by atoms with Crippen molar-refractivity contribution in [3.8, 4) is 11.8 Å². The molecule has 3 atom stereocenters. The van der Waals surface area contributed by atoms with Gasteiger partial charge in [0.05, 0.1) is 24.4 Å². The van der Waals surface area contributed by atoms with Crippen molar-refractivity contribution in [3.05, 3.63) is 29.8 Å². The number of ether oxygens (including phenoxy) is 2. The minimum Gasteiger partial charge on any atom is -0.493 e. The largest absolute Gasteiger partial charge is 0.493 e. The molecule has 1 aromatic carbocycles. The van der Waals surface area contributed by atoms with Crippen molar-refractivity contribution in [1.29, 1.82) is 5.26 Å². The third kappa shape index (κ3) is 2.12. The monoisotopic (exact) mass is 287 g/mol. The topological polar surface area (TPSA) is 62.5 Å². The number of benzene rings is 1. The van der Waals surface area contributed by atoms with Crippen LogP contribution in [0.2, 0.25) is 0 Å². The molecule has 1 heterocycles. The lowest BCUT2D eigenvalue weighted by Crippen LogP contribution is -2.56. The zero-order valence-corrected chi connectivity index (χ0v) is 12.3. The molecule has 21 heavy (non-hydrogen) atoms. The molecule has 0 saturated heterocycles. The van der Waals surface area contributed by atoms with Crippen LogP contribution >= 0.6 is 0 Å². The van der Waals surface area contributed by atoms with Crippen molar-refractivity contribution in [2.45, 2.75) is 49.2 Å². The van der Waals surface area contributed by atoms with Crippen LogP contribution in [0.3, 0.4) is 0 Å². The summed E-state index contributed by atoms with van der Waals surface area (Å²) in [5.41, 5.74) is -1.14. The Bertz CT molecular complexity index is 567. The number of para-hydroxylation sites is 1. The van der Waals surface area contributed by atoms with Crippen LogP contribution in [0.15, 0.2) is 24.3 Å². The lowest BCUT2D eigenvalue weighted by Gasteiger charge is -2.49. The van der Waals surface area contributed by atoms with Gasteiger partial charge in [0.25, 0.3) is 0 Å². The van der Waals surface area contributed by atoms with Gasteiger partial charge < -0.3 is 14.6 Å². The first-order valence-electron chi connectivity index (χ1n) is 7.54. The van der Waals surface area contributed by atoms with Gasteiger partial charge in [-0.25, -0.2) is 0 Å². The molecule has 0 aromatic heterocycles. The Morgan fingerprint density at radius 3 is 2.95 bits per heavy atom. The molecule has 0 spiro atoms. The Morgan fingerprint density at radius 1 is 1.38 bits per heavy atom. The second-order valence-corrected chi connectivity index (χ2v) is 6.10. The van der Waals surface area contributed by atoms with Gasteiger partial charge in [-0.3, -0.25) is 0 Å². The number of hydrogen-bond acceptors (Lipinski definition) is 4. The summed E-state index contributed by atoms with van der Waals surface area (Å²) in [6.07, 6.45) is 3.50. The third-order valence-corrected chi connectivity index (χ3v) is 5.08. The first-order valence-corrected chi connectivity index (χ1v) is 7.54. The summed E-state index contributed by atoms with van der Waals surface area (Å²) in [4.78, 5) is 0. The Morgan fingerprint density at radius 2 is 2.19 bits per heavy atom. The lowest BCUT2D eigenvalue weighted by molar-refractivity contribution is -0.101. The lowest BCUT2D eigenvalue weighted by atomic mass is 9.59. The molecule has 0 bridgehead atoms. The van der Waals surface area contributed by atoms with Gasteiger partial charge in [0.15, 0.2) is 0 Å². The minimum atomic E-state index is -1.05. The van der Waals surface area contributed by atoms with Crippen molar-refractivity contribution in [3.63, 3.8) is 0 Å². The highest BCUT2D eigenvalue weighted by molar-refractivity contribution is 5.48. The normalized spacial score (nSPS) is 35.4. The van der Waals surface area contributed by atoms with Gasteiger partial charge >= 0.3 is 0 Å². The van der Waals surface area contributed by atoms with Crippen LogP contribution in [-0.2, 0) is 10.2 Å². The molecular weight excluding hydrogens is 266 g/mol. The van der Waals surface area contributed by atoms with Crippen molar-refractivity contribution < 1.29 is 14.6 Å². The van der Waals surface area contributed by atoms with E-state index in [1.165, 1.54) is 0 Å². The number of nitrogens with zero attached hydrogens (tertiary/aromatic N) is 1. The molecule has 1 saturated carbocycles. The Labute approximate surface area is 125 Å². The van der Waals surface area contributed by atoms with E-state index in [1.807, 2.05) is 24.3 Å². The molecule has 1 aliphatic heterocycles. The van der Waals surface area contributed by atoms with Crippen LogP contribution in [0.25, 0.3) is 0 Å². The highest BCUT2D eigenvalue weighted by atomic mass is 16.5. The summed E-state index contributed by atoms with van der Waals surface area (Å²) in [7, 11) is 1.67. The molecule has 1 aliphatic carbocycles. The highest BCUT2D eigenvalue weighted by Gasteiger charge is 2.56. The second kappa shape index (κ2) is 5.32. The maximum absolute atomic E-state index is 11.3. The number of nitriles is 1. The van der Waals surface area contributed by atoms with E-state index in [4.69, 9.17) is 9.47 Å². The van der Waals surface area contributed by atoms with Gasteiger partial charge in [-0.1, -0.05) is 18.2 Å². The van der Waals surface area contributed by atoms with Gasteiger partial charge in [0, 0.05) is 25.5 Å². The molecule has 3 rings (SSSR count). The van der Waals surface area contributed by atoms with Gasteiger partial charge in [0.2, 0.25) is 0 Å². The number of rotatable bonds is 2. The van der Waals surface area contributed by atoms with Crippen molar-refractivity contribution in [1.82, 2.24) is 0 Å². The average Bonchev–Trinajstić information content (AvgIpc) is 2.54. The number of fused-ring (bicyclic) bond motifs is 1. The summed E-state index contributed by atoms with van der Waals surface area (Å²) in [6, 6.07) is 10.0. The average molecular weight is 287 g/mol. The second-order valence-electron chi connectivity index (χ2n) is 6.10. The predicted octanol–water partition coefficient (Wildman–Crippen LogP) is 2.55. The fourth-order valence-electron chi connectivity index (χ4n) is 3.89. The van der Waals surface area contributed by atoms with E-state index >= 15 is 0 Å². The first kappa shape index (κ1) is 14.4. The molecule has 4 nitrogen and oxygen atoms in total. The van der Waals surface area contributed by atoms with Crippen LogP contribution in [-0.4, -0.2) is 30.5 Å². The fraction of sp³-hybridized carbons (Fsp3) is 0.588. The van der Waals surface area contributed by atoms with E-state index in [-0.39, 0.29) is 6.10 Å². The zero-order chi connectivity index (χ0) is 14.9. The summed E-state index contributed by atoms with van der Waals surface area (Å²) >= 11 is 0. The molecule has 2 aliphatic rings. The van der Waals surface area contributed by atoms with Gasteiger partial charge in [-0.15, -0.1) is 0 Å². The molecule has 0 radical (unpaired) electrons. The Hall–Kier alpha value is -1.57. The Kier molecular flexibility index (Phi) is 3.64. The molecule has 0 amide bonds. The van der Waals surface area contributed by atoms with Crippen LogP contribution in [0, 0.1) is 11.3 Å². The van der Waals surface area contributed by atoms with Crippen molar-refractivity contribution >= 4 is 0 Å². The van der Waals surface area contributed by atoms with E-state index in [0.717, 1.165) is 24.2 Å². The fourth-order valence-corrected chi connectivity index (χ4v) is 3.89. The molecule has 1 aromatic rings. The first-order chi connectivity index (χ1) is 10.1. The molecular formula is C17H21NO3. The highest BCUT2D eigenvalue weighted by Crippen LogP contribution is 2.51. The molecule has 3 unspecified atom stereocenters. The van der Waals surface area contributed by atoms with Gasteiger partial charge in [0.1, 0.15) is 11.2 Å². The predicted molar refractivity (Wildman–Crippen MR) is 78.1 cm³/mol. The van der Waals surface area contributed by atoms with Gasteiger partial charge in [-0.05, 0) is 25.3 Å². The summed E-state index contributed by atoms with van der Waals surface area (Å²) in [6.45, 7) is 0.463. The summed E-state index contributed by atoms with van der Waals surface area (Å²) in [5.74, 6) is 0.721. The summed E-state index contributed by atoms with van der Waals surface area (Å²) in [5, 5.41) is 21.3. The molecule has 112 valence electrons. The van der Waals surface area contributed by atoms with E-state index in [9.17, 15) is 10.4 Å². The SMILES string of the molecule is COC1CCCC(O)(C2(C#N)CCOc3ccccc32)C1. The third-order valence-electron chi connectivity index (χ3n) is 5.08. The van der Waals surface area contributed by atoms with Gasteiger partial charge in [-0.2, -0.15) is 5.26 Å². The maximum Gasteiger partial charge on any atom is 0.124 e. The zero-order valence-electron chi connectivity index (χ0n) is 12.3. The maximum atomic E-state index is 11.3. The van der Waals surface area contributed by atoms with Crippen LogP contribution in [0.5, 0.6) is 5.75 Å². The van der Waals surface area contributed by atoms with Crippen molar-refractivity contribution in [2.24, 2.45) is 0 Å². The number of methoxy groups -OCH3 is 1. The molecule has 1 N–H and O–H groups in total. The standard InChI is InChI=1S/C17H21NO3/c1-20-13-5-4-8-17(19,11-13)16(12-18)9-10-21-15-7-3-2-6-14(15)16/h2-3,6-7,13,19H,4-5,8-11H2,1H3. The van der Waals surface area contributed by atoms with E-state index in [0.29, 0.717) is 25.9 Å². The minimum absolute atomic E-state index is 0.0176. The van der Waals surface area contributed by atoms with E-state index in [1.54, 1.807) is 7.11 Å². The smallest absolute Gasteiger partial charge is 0.124 e. The number of hydrogen-bond donors (Lipinski definition) is 1.